The maximum atomic E-state index is 15.4. The van der Waals surface area contributed by atoms with Gasteiger partial charge in [0.05, 0.1) is 19.1 Å². The summed E-state index contributed by atoms with van der Waals surface area (Å²) in [5.74, 6) is -0.628. The van der Waals surface area contributed by atoms with E-state index in [0.29, 0.717) is 11.5 Å². The molecule has 0 bridgehead atoms. The highest BCUT2D eigenvalue weighted by atomic mass is 19.1. The van der Waals surface area contributed by atoms with Crippen molar-refractivity contribution in [3.8, 4) is 0 Å². The largest absolute Gasteiger partial charge is 0.466 e. The Kier molecular flexibility index (Phi) is 8.64. The van der Waals surface area contributed by atoms with Crippen molar-refractivity contribution >= 4 is 17.6 Å². The van der Waals surface area contributed by atoms with Gasteiger partial charge in [-0.25, -0.2) is 9.18 Å². The molecule has 6 heteroatoms. The van der Waals surface area contributed by atoms with E-state index in [4.69, 9.17) is 9.47 Å². The molecular weight excluding hydrogens is 421 g/mol. The zero-order chi connectivity index (χ0) is 24.9. The third kappa shape index (κ3) is 7.31. The molecule has 1 atom stereocenters. The predicted octanol–water partition coefficient (Wildman–Crippen LogP) is 6.58. The highest BCUT2D eigenvalue weighted by molar-refractivity contribution is 5.84. The van der Waals surface area contributed by atoms with Crippen LogP contribution in [-0.2, 0) is 14.3 Å². The number of esters is 1. The van der Waals surface area contributed by atoms with Gasteiger partial charge >= 0.3 is 12.1 Å². The van der Waals surface area contributed by atoms with Gasteiger partial charge in [0.2, 0.25) is 0 Å². The number of carbonyl (C=O) groups is 2. The number of nitrogens with one attached hydrogen (secondary N) is 1. The Morgan fingerprint density at radius 2 is 1.94 bits per heavy atom. The maximum Gasteiger partial charge on any atom is 0.408 e. The van der Waals surface area contributed by atoms with E-state index in [1.807, 2.05) is 6.92 Å². The van der Waals surface area contributed by atoms with Crippen LogP contribution in [0.2, 0.25) is 0 Å². The van der Waals surface area contributed by atoms with E-state index < -0.39 is 29.5 Å². The molecule has 0 spiro atoms. The minimum Gasteiger partial charge on any atom is -0.466 e. The summed E-state index contributed by atoms with van der Waals surface area (Å²) in [7, 11) is 0. The Morgan fingerprint density at radius 3 is 2.45 bits per heavy atom. The van der Waals surface area contributed by atoms with Crippen molar-refractivity contribution in [1.82, 2.24) is 5.32 Å². The Labute approximate surface area is 196 Å². The van der Waals surface area contributed by atoms with Gasteiger partial charge in [-0.05, 0) is 100 Å². The number of ether oxygens (including phenoxy) is 2. The van der Waals surface area contributed by atoms with Crippen molar-refractivity contribution < 1.29 is 23.5 Å². The monoisotopic (exact) mass is 457 g/mol. The molecule has 180 valence electrons. The van der Waals surface area contributed by atoms with Crippen LogP contribution < -0.4 is 5.32 Å². The molecular formula is C27H36FNO4. The van der Waals surface area contributed by atoms with Crippen molar-refractivity contribution in [2.24, 2.45) is 5.92 Å². The van der Waals surface area contributed by atoms with E-state index in [9.17, 15) is 9.59 Å². The number of alkyl carbamates (subject to hydrolysis) is 1. The molecule has 0 aliphatic heterocycles. The predicted molar refractivity (Wildman–Crippen MR) is 129 cm³/mol. The average Bonchev–Trinajstić information content (AvgIpc) is 3.54. The van der Waals surface area contributed by atoms with Gasteiger partial charge in [0.25, 0.3) is 0 Å². The number of aryl methyl sites for hydroxylation is 1. The van der Waals surface area contributed by atoms with Crippen LogP contribution in [0.25, 0.3) is 5.57 Å². The van der Waals surface area contributed by atoms with Crippen molar-refractivity contribution in [2.75, 3.05) is 6.61 Å². The quantitative estimate of drug-likeness (QED) is 0.336. The summed E-state index contributed by atoms with van der Waals surface area (Å²) in [5, 5.41) is 2.66. The molecule has 0 aromatic heterocycles. The lowest BCUT2D eigenvalue weighted by Gasteiger charge is -2.25. The average molecular weight is 458 g/mol. The van der Waals surface area contributed by atoms with Gasteiger partial charge < -0.3 is 14.8 Å². The minimum atomic E-state index is -0.961. The second kappa shape index (κ2) is 10.8. The Bertz CT molecular complexity index is 967. The fourth-order valence-electron chi connectivity index (χ4n) is 3.67. The van der Waals surface area contributed by atoms with Gasteiger partial charge in [-0.1, -0.05) is 19.2 Å². The Morgan fingerprint density at radius 1 is 1.30 bits per heavy atom. The van der Waals surface area contributed by atoms with Crippen LogP contribution in [0, 0.1) is 18.7 Å². The molecule has 0 saturated heterocycles. The van der Waals surface area contributed by atoms with Crippen LogP contribution in [-0.4, -0.2) is 24.3 Å². The van der Waals surface area contributed by atoms with Crippen LogP contribution in [0.15, 0.2) is 42.5 Å². The Hall–Kier alpha value is -2.89. The number of rotatable bonds is 9. The fourth-order valence-corrected chi connectivity index (χ4v) is 3.67. The first-order valence-electron chi connectivity index (χ1n) is 11.4. The third-order valence-corrected chi connectivity index (χ3v) is 5.41. The van der Waals surface area contributed by atoms with Gasteiger partial charge in [0.1, 0.15) is 11.4 Å². The molecule has 2 rings (SSSR count). The molecule has 1 aromatic carbocycles. The molecule has 0 radical (unpaired) electrons. The SMILES string of the molecule is C=C/C(C)=C(\C(=C)C1CC1)c1cc(C)c(F)c(C(CC(=O)OCC)NC(=O)OC(C)(C)C)c1. The van der Waals surface area contributed by atoms with E-state index in [0.717, 1.165) is 35.1 Å². The van der Waals surface area contributed by atoms with Gasteiger partial charge in [0.15, 0.2) is 0 Å². The third-order valence-electron chi connectivity index (χ3n) is 5.41. The first kappa shape index (κ1) is 26.4. The summed E-state index contributed by atoms with van der Waals surface area (Å²) in [6, 6.07) is 2.49. The van der Waals surface area contributed by atoms with Gasteiger partial charge in [0, 0.05) is 5.56 Å². The van der Waals surface area contributed by atoms with Crippen LogP contribution in [0.5, 0.6) is 0 Å². The van der Waals surface area contributed by atoms with Crippen molar-refractivity contribution in [1.29, 1.82) is 0 Å². The number of benzene rings is 1. The molecule has 1 unspecified atom stereocenters. The van der Waals surface area contributed by atoms with Crippen molar-refractivity contribution in [3.63, 3.8) is 0 Å². The van der Waals surface area contributed by atoms with E-state index in [1.54, 1.807) is 52.8 Å². The number of allylic oxidation sites excluding steroid dienone is 4. The molecule has 0 heterocycles. The van der Waals surface area contributed by atoms with Crippen LogP contribution in [0.1, 0.15) is 76.6 Å². The summed E-state index contributed by atoms with van der Waals surface area (Å²) >= 11 is 0. The molecule has 1 aliphatic carbocycles. The zero-order valence-electron chi connectivity index (χ0n) is 20.6. The molecule has 1 N–H and O–H groups in total. The van der Waals surface area contributed by atoms with E-state index in [-0.39, 0.29) is 18.6 Å². The highest BCUT2D eigenvalue weighted by Gasteiger charge is 2.30. The number of carbonyl (C=O) groups excluding carboxylic acids is 2. The first-order chi connectivity index (χ1) is 15.4. The summed E-state index contributed by atoms with van der Waals surface area (Å²) in [6.07, 6.45) is 2.95. The highest BCUT2D eigenvalue weighted by Crippen LogP contribution is 2.44. The van der Waals surface area contributed by atoms with E-state index >= 15 is 4.39 Å². The fraction of sp³-hybridized carbons (Fsp3) is 0.481. The van der Waals surface area contributed by atoms with E-state index in [1.165, 1.54) is 0 Å². The molecule has 1 saturated carbocycles. The molecule has 1 aliphatic rings. The van der Waals surface area contributed by atoms with Crippen molar-refractivity contribution in [2.45, 2.75) is 72.4 Å². The number of hydrogen-bond donors (Lipinski definition) is 1. The molecule has 5 nitrogen and oxygen atoms in total. The lowest BCUT2D eigenvalue weighted by molar-refractivity contribution is -0.143. The molecule has 1 amide bonds. The van der Waals surface area contributed by atoms with Crippen LogP contribution in [0.4, 0.5) is 9.18 Å². The van der Waals surface area contributed by atoms with E-state index in [2.05, 4.69) is 18.5 Å². The number of hydrogen-bond acceptors (Lipinski definition) is 4. The van der Waals surface area contributed by atoms with Crippen LogP contribution >= 0.6 is 0 Å². The van der Waals surface area contributed by atoms with Crippen molar-refractivity contribution in [3.05, 3.63) is 65.0 Å². The maximum absolute atomic E-state index is 15.4. The lowest BCUT2D eigenvalue weighted by atomic mass is 9.88. The first-order valence-corrected chi connectivity index (χ1v) is 11.4. The summed E-state index contributed by atoms with van der Waals surface area (Å²) in [4.78, 5) is 24.8. The molecule has 1 aromatic rings. The summed E-state index contributed by atoms with van der Waals surface area (Å²) in [5.41, 5.74) is 3.48. The summed E-state index contributed by atoms with van der Waals surface area (Å²) < 4.78 is 25.8. The summed E-state index contributed by atoms with van der Waals surface area (Å²) in [6.45, 7) is 18.9. The Balaban J connectivity index is 2.56. The topological polar surface area (TPSA) is 64.6 Å². The minimum absolute atomic E-state index is 0.187. The van der Waals surface area contributed by atoms with Gasteiger partial charge in [-0.3, -0.25) is 4.79 Å². The number of amides is 1. The second-order valence-corrected chi connectivity index (χ2v) is 9.47. The smallest absolute Gasteiger partial charge is 0.408 e. The number of halogens is 1. The molecule has 33 heavy (non-hydrogen) atoms. The second-order valence-electron chi connectivity index (χ2n) is 9.47. The van der Waals surface area contributed by atoms with Gasteiger partial charge in [-0.2, -0.15) is 0 Å². The standard InChI is InChI=1S/C27H36FNO4/c1-9-16(3)24(18(5)19-11-12-19)20-13-17(4)25(28)21(14-20)22(15-23(30)32-10-2)29-26(31)33-27(6,7)8/h9,13-14,19,22H,1,5,10-12,15H2,2-4,6-8H3,(H,29,31)/b24-16+. The lowest BCUT2D eigenvalue weighted by Crippen LogP contribution is -2.36. The normalized spacial score (nSPS) is 15.2. The van der Waals surface area contributed by atoms with Gasteiger partial charge in [-0.15, -0.1) is 0 Å². The molecule has 1 fully saturated rings. The van der Waals surface area contributed by atoms with Crippen LogP contribution in [0.3, 0.4) is 0 Å². The zero-order valence-corrected chi connectivity index (χ0v) is 20.6.